The molecule has 0 radical (unpaired) electrons. The van der Waals surface area contributed by atoms with Crippen molar-refractivity contribution in [3.63, 3.8) is 0 Å². The Morgan fingerprint density at radius 3 is 2.39 bits per heavy atom. The highest BCUT2D eigenvalue weighted by atomic mass is 32.1. The molecule has 2 aromatic rings. The summed E-state index contributed by atoms with van der Waals surface area (Å²) in [5.41, 5.74) is 6.78. The van der Waals surface area contributed by atoms with Crippen LogP contribution in [0.15, 0.2) is 24.3 Å². The molecule has 0 aliphatic rings. The first-order valence-corrected chi connectivity index (χ1v) is 9.30. The van der Waals surface area contributed by atoms with E-state index < -0.39 is 11.9 Å². The number of amides is 2. The molecule has 8 nitrogen and oxygen atoms in total. The lowest BCUT2D eigenvalue weighted by Crippen LogP contribution is -2.22. The van der Waals surface area contributed by atoms with Gasteiger partial charge in [0.05, 0.1) is 28.8 Å². The molecule has 0 aliphatic carbocycles. The first-order chi connectivity index (χ1) is 13.2. The van der Waals surface area contributed by atoms with E-state index in [2.05, 4.69) is 10.6 Å². The van der Waals surface area contributed by atoms with E-state index >= 15 is 0 Å². The Kier molecular flexibility index (Phi) is 6.71. The Bertz CT molecular complexity index is 953. The first-order valence-electron chi connectivity index (χ1n) is 8.07. The molecule has 4 N–H and O–H groups in total. The van der Waals surface area contributed by atoms with Crippen LogP contribution in [0.4, 0.5) is 10.7 Å². The van der Waals surface area contributed by atoms with Gasteiger partial charge in [-0.05, 0) is 36.8 Å². The maximum absolute atomic E-state index is 12.4. The number of para-hydroxylation sites is 1. The monoisotopic (exact) mass is 420 g/mol. The van der Waals surface area contributed by atoms with Crippen molar-refractivity contribution in [2.75, 3.05) is 31.8 Å². The van der Waals surface area contributed by atoms with Gasteiger partial charge in [-0.25, -0.2) is 4.79 Å². The van der Waals surface area contributed by atoms with Gasteiger partial charge in [0.1, 0.15) is 5.00 Å². The molecule has 28 heavy (non-hydrogen) atoms. The van der Waals surface area contributed by atoms with Crippen molar-refractivity contribution in [3.8, 4) is 0 Å². The number of hydrogen-bond acceptors (Lipinski definition) is 6. The second kappa shape index (κ2) is 8.81. The molecular weight excluding hydrogens is 400 g/mol. The number of esters is 1. The molecule has 0 aliphatic heterocycles. The van der Waals surface area contributed by atoms with Crippen LogP contribution in [0.2, 0.25) is 0 Å². The summed E-state index contributed by atoms with van der Waals surface area (Å²) in [5, 5.41) is 6.29. The summed E-state index contributed by atoms with van der Waals surface area (Å²) in [4.78, 5) is 38.0. The number of nitrogens with two attached hydrogens (primary N) is 1. The van der Waals surface area contributed by atoms with Crippen LogP contribution < -0.4 is 16.4 Å². The molecule has 1 aromatic carbocycles. The van der Waals surface area contributed by atoms with Gasteiger partial charge in [-0.1, -0.05) is 12.1 Å². The Hall–Kier alpha value is -2.98. The van der Waals surface area contributed by atoms with Gasteiger partial charge < -0.3 is 26.0 Å². The highest BCUT2D eigenvalue weighted by Crippen LogP contribution is 2.34. The third-order valence-corrected chi connectivity index (χ3v) is 5.20. The second-order valence-electron chi connectivity index (χ2n) is 5.94. The number of nitrogens with one attached hydrogen (secondary N) is 2. The SMILES string of the molecule is COC(=O)c1c(NC(=S)Nc2ccccc2C(N)=O)sc(C(=O)N(C)C)c1C. The molecule has 0 fully saturated rings. The van der Waals surface area contributed by atoms with Crippen LogP contribution in [0.5, 0.6) is 0 Å². The van der Waals surface area contributed by atoms with Crippen molar-refractivity contribution in [3.05, 3.63) is 45.8 Å². The number of methoxy groups -OCH3 is 1. The Labute approximate surface area is 171 Å². The number of thiophene rings is 1. The zero-order chi connectivity index (χ0) is 21.0. The number of benzene rings is 1. The van der Waals surface area contributed by atoms with Crippen molar-refractivity contribution in [1.29, 1.82) is 0 Å². The van der Waals surface area contributed by atoms with Gasteiger partial charge in [0.2, 0.25) is 0 Å². The summed E-state index contributed by atoms with van der Waals surface area (Å²) >= 11 is 6.39. The predicted molar refractivity (Wildman–Crippen MR) is 113 cm³/mol. The lowest BCUT2D eigenvalue weighted by Gasteiger charge is -2.12. The molecule has 1 aromatic heterocycles. The molecule has 2 rings (SSSR count). The van der Waals surface area contributed by atoms with Crippen LogP contribution in [0.3, 0.4) is 0 Å². The number of nitrogens with zero attached hydrogens (tertiary/aromatic N) is 1. The van der Waals surface area contributed by atoms with Crippen LogP contribution in [0.25, 0.3) is 0 Å². The minimum Gasteiger partial charge on any atom is -0.465 e. The normalized spacial score (nSPS) is 10.1. The maximum Gasteiger partial charge on any atom is 0.341 e. The second-order valence-corrected chi connectivity index (χ2v) is 7.37. The topological polar surface area (TPSA) is 114 Å². The quantitative estimate of drug-likeness (QED) is 0.503. The predicted octanol–water partition coefficient (Wildman–Crippen LogP) is 2.45. The van der Waals surface area contributed by atoms with E-state index in [1.807, 2.05) is 0 Å². The number of ether oxygens (including phenoxy) is 1. The average molecular weight is 421 g/mol. The van der Waals surface area contributed by atoms with Gasteiger partial charge >= 0.3 is 5.97 Å². The van der Waals surface area contributed by atoms with Crippen LogP contribution in [0, 0.1) is 6.92 Å². The van der Waals surface area contributed by atoms with Crippen molar-refractivity contribution in [2.24, 2.45) is 5.73 Å². The summed E-state index contributed by atoms with van der Waals surface area (Å²) in [6.07, 6.45) is 0. The van der Waals surface area contributed by atoms with Gasteiger partial charge in [0.15, 0.2) is 5.11 Å². The highest BCUT2D eigenvalue weighted by molar-refractivity contribution is 7.80. The third kappa shape index (κ3) is 4.46. The molecule has 0 spiro atoms. The summed E-state index contributed by atoms with van der Waals surface area (Å²) in [5.74, 6) is -1.43. The minimum absolute atomic E-state index is 0.129. The fourth-order valence-corrected chi connectivity index (χ4v) is 3.92. The van der Waals surface area contributed by atoms with E-state index in [0.29, 0.717) is 21.1 Å². The Balaban J connectivity index is 2.36. The number of thiocarbonyl (C=S) groups is 1. The lowest BCUT2D eigenvalue weighted by atomic mass is 10.1. The van der Waals surface area contributed by atoms with Crippen LogP contribution in [0.1, 0.15) is 36.0 Å². The molecule has 10 heteroatoms. The molecule has 0 saturated carbocycles. The molecular formula is C18H20N4O4S2. The van der Waals surface area contributed by atoms with Crippen LogP contribution >= 0.6 is 23.6 Å². The van der Waals surface area contributed by atoms with Crippen molar-refractivity contribution >= 4 is 57.1 Å². The number of rotatable bonds is 5. The van der Waals surface area contributed by atoms with Crippen molar-refractivity contribution < 1.29 is 19.1 Å². The fraction of sp³-hybridized carbons (Fsp3) is 0.222. The first kappa shape index (κ1) is 21.3. The summed E-state index contributed by atoms with van der Waals surface area (Å²) in [7, 11) is 4.51. The number of anilines is 2. The highest BCUT2D eigenvalue weighted by Gasteiger charge is 2.26. The summed E-state index contributed by atoms with van der Waals surface area (Å²) in [6.45, 7) is 1.67. The van der Waals surface area contributed by atoms with Gasteiger partial charge in [-0.3, -0.25) is 9.59 Å². The van der Waals surface area contributed by atoms with Gasteiger partial charge in [-0.15, -0.1) is 11.3 Å². The van der Waals surface area contributed by atoms with E-state index in [1.54, 1.807) is 45.3 Å². The van der Waals surface area contributed by atoms with E-state index in [-0.39, 0.29) is 22.1 Å². The van der Waals surface area contributed by atoms with Crippen molar-refractivity contribution in [1.82, 2.24) is 4.90 Å². The third-order valence-electron chi connectivity index (χ3n) is 3.80. The maximum atomic E-state index is 12.4. The molecule has 2 amide bonds. The summed E-state index contributed by atoms with van der Waals surface area (Å²) < 4.78 is 4.84. The smallest absolute Gasteiger partial charge is 0.341 e. The average Bonchev–Trinajstić information content (AvgIpc) is 2.96. The van der Waals surface area contributed by atoms with Gasteiger partial charge in [0, 0.05) is 14.1 Å². The van der Waals surface area contributed by atoms with E-state index in [0.717, 1.165) is 11.3 Å². The molecule has 0 bridgehead atoms. The largest absolute Gasteiger partial charge is 0.465 e. The standard InChI is InChI=1S/C18H20N4O4S2/c1-9-12(17(25)26-4)15(28-13(9)16(24)22(2)3)21-18(27)20-11-8-6-5-7-10(11)14(19)23/h5-8H,1-4H3,(H2,19,23)(H2,20,21,27). The van der Waals surface area contributed by atoms with Gasteiger partial charge in [-0.2, -0.15) is 0 Å². The molecule has 148 valence electrons. The lowest BCUT2D eigenvalue weighted by molar-refractivity contribution is 0.0601. The van der Waals surface area contributed by atoms with Crippen LogP contribution in [-0.4, -0.2) is 49.0 Å². The molecule has 1 heterocycles. The van der Waals surface area contributed by atoms with E-state index in [9.17, 15) is 14.4 Å². The molecule has 0 unspecified atom stereocenters. The molecule has 0 saturated heterocycles. The number of hydrogen-bond donors (Lipinski definition) is 3. The van der Waals surface area contributed by atoms with Crippen LogP contribution in [-0.2, 0) is 4.74 Å². The van der Waals surface area contributed by atoms with E-state index in [4.69, 9.17) is 22.7 Å². The van der Waals surface area contributed by atoms with Gasteiger partial charge in [0.25, 0.3) is 11.8 Å². The zero-order valence-corrected chi connectivity index (χ0v) is 17.4. The van der Waals surface area contributed by atoms with Crippen molar-refractivity contribution in [2.45, 2.75) is 6.92 Å². The molecule has 0 atom stereocenters. The van der Waals surface area contributed by atoms with E-state index in [1.165, 1.54) is 12.0 Å². The summed E-state index contributed by atoms with van der Waals surface area (Å²) in [6, 6.07) is 6.62. The minimum atomic E-state index is -0.605. The Morgan fingerprint density at radius 2 is 1.82 bits per heavy atom. The Morgan fingerprint density at radius 1 is 1.18 bits per heavy atom. The fourth-order valence-electron chi connectivity index (χ4n) is 2.42. The number of primary amides is 1. The number of carbonyl (C=O) groups excluding carboxylic acids is 3. The number of carbonyl (C=O) groups is 3. The zero-order valence-electron chi connectivity index (χ0n) is 15.8.